The summed E-state index contributed by atoms with van der Waals surface area (Å²) >= 11 is 0. The SMILES string of the molecule is CCCc1c(CCC)c(CCC)c2c(c1CCC)CC(=[C-]c1ccccc1)C(=[C-]c1ccccc1)C2.[CH]1[CH][CH][CH][CH]1.[CH]1[CH][CH][CH][CH]1.[Zr+4]. The molecule has 2 saturated carbocycles. The van der Waals surface area contributed by atoms with Crippen LogP contribution in [0.4, 0.5) is 0 Å². The van der Waals surface area contributed by atoms with Crippen molar-refractivity contribution in [3.8, 4) is 0 Å². The zero-order valence-electron chi connectivity index (χ0n) is 29.1. The Bertz CT molecular complexity index is 1230. The zero-order chi connectivity index (χ0) is 32.4. The van der Waals surface area contributed by atoms with Crippen LogP contribution >= 0.6 is 0 Å². The molecular formula is C46H52Zr+2. The molecule has 0 atom stereocenters. The van der Waals surface area contributed by atoms with Gasteiger partial charge in [0.15, 0.2) is 0 Å². The molecule has 3 aromatic carbocycles. The summed E-state index contributed by atoms with van der Waals surface area (Å²) in [5.74, 6) is 0. The van der Waals surface area contributed by atoms with Crippen molar-refractivity contribution in [2.45, 2.75) is 91.9 Å². The van der Waals surface area contributed by atoms with E-state index >= 15 is 0 Å². The van der Waals surface area contributed by atoms with Gasteiger partial charge in [-0.3, -0.25) is 0 Å². The minimum atomic E-state index is 0. The van der Waals surface area contributed by atoms with E-state index in [1.807, 2.05) is 64.2 Å². The molecule has 3 aromatic rings. The summed E-state index contributed by atoms with van der Waals surface area (Å²) in [5.41, 5.74) is 14.8. The molecule has 0 nitrogen and oxygen atoms in total. The van der Waals surface area contributed by atoms with Crippen LogP contribution in [-0.4, -0.2) is 0 Å². The van der Waals surface area contributed by atoms with Gasteiger partial charge in [-0.15, -0.1) is 48.5 Å². The van der Waals surface area contributed by atoms with Gasteiger partial charge in [0.1, 0.15) is 0 Å². The monoisotopic (exact) mass is 694 g/mol. The Hall–Kier alpha value is -1.98. The minimum absolute atomic E-state index is 0. The van der Waals surface area contributed by atoms with Gasteiger partial charge < -0.3 is 0 Å². The largest absolute Gasteiger partial charge is 4.00 e. The Morgan fingerprint density at radius 2 is 0.681 bits per heavy atom. The van der Waals surface area contributed by atoms with Gasteiger partial charge in [0, 0.05) is 0 Å². The van der Waals surface area contributed by atoms with Crippen LogP contribution in [0, 0.1) is 76.4 Å². The summed E-state index contributed by atoms with van der Waals surface area (Å²) in [7, 11) is 0. The molecule has 0 amide bonds. The molecule has 0 saturated heterocycles. The second kappa shape index (κ2) is 22.6. The Labute approximate surface area is 309 Å². The second-order valence-corrected chi connectivity index (χ2v) is 12.1. The Kier molecular flexibility index (Phi) is 19.0. The summed E-state index contributed by atoms with van der Waals surface area (Å²) in [6.45, 7) is 9.36. The molecule has 0 aromatic heterocycles. The molecule has 10 radical (unpaired) electrons. The quantitative estimate of drug-likeness (QED) is 0.185. The molecule has 0 N–H and O–H groups in total. The fourth-order valence-corrected chi connectivity index (χ4v) is 6.57. The van der Waals surface area contributed by atoms with Crippen LogP contribution in [0.1, 0.15) is 97.9 Å². The van der Waals surface area contributed by atoms with E-state index in [0.29, 0.717) is 0 Å². The molecule has 3 aliphatic rings. The van der Waals surface area contributed by atoms with E-state index < -0.39 is 0 Å². The standard InChI is InChI=1S/C36H42.2C5H5.Zr/c1-5-15-31-32(16-6-2)34(18-8-4)36-26-30(24-28-21-13-10-14-22-28)29(23-27-19-11-9-12-20-27)25-35(36)33(31)17-7-3;2*1-2-4-5-3-1;/h9-14,19-22H,5-8,15-18,25-26H2,1-4H3;2*1-5H;/q-2;;;+4. The normalized spacial score (nSPS) is 16.9. The summed E-state index contributed by atoms with van der Waals surface area (Å²) in [6, 6.07) is 21.3. The van der Waals surface area contributed by atoms with E-state index in [9.17, 15) is 0 Å². The molecule has 238 valence electrons. The Balaban J connectivity index is 0.000000463. The molecule has 0 heterocycles. The fraction of sp³-hybridized carbons (Fsp3) is 0.304. The second-order valence-electron chi connectivity index (χ2n) is 12.1. The number of hydrogen-bond acceptors (Lipinski definition) is 0. The van der Waals surface area contributed by atoms with E-state index in [2.05, 4.69) is 101 Å². The maximum absolute atomic E-state index is 3.82. The van der Waals surface area contributed by atoms with Crippen LogP contribution in [0.5, 0.6) is 0 Å². The first-order valence-corrected chi connectivity index (χ1v) is 17.6. The summed E-state index contributed by atoms with van der Waals surface area (Å²) < 4.78 is 0. The molecule has 47 heavy (non-hydrogen) atoms. The van der Waals surface area contributed by atoms with Gasteiger partial charge in [-0.1, -0.05) is 78.4 Å². The van der Waals surface area contributed by atoms with Crippen molar-refractivity contribution in [3.05, 3.63) is 193 Å². The summed E-state index contributed by atoms with van der Waals surface area (Å²) in [5, 5.41) is 0. The van der Waals surface area contributed by atoms with Gasteiger partial charge >= 0.3 is 26.2 Å². The van der Waals surface area contributed by atoms with Crippen molar-refractivity contribution >= 4 is 0 Å². The molecule has 6 rings (SSSR count). The molecule has 0 unspecified atom stereocenters. The molecule has 0 spiro atoms. The van der Waals surface area contributed by atoms with Crippen molar-refractivity contribution in [3.63, 3.8) is 0 Å². The summed E-state index contributed by atoms with van der Waals surface area (Å²) in [4.78, 5) is 0. The molecule has 0 bridgehead atoms. The van der Waals surface area contributed by atoms with Crippen molar-refractivity contribution in [1.82, 2.24) is 0 Å². The third-order valence-electron chi connectivity index (χ3n) is 8.51. The van der Waals surface area contributed by atoms with E-state index in [0.717, 1.165) is 24.0 Å². The first kappa shape index (κ1) is 39.5. The Morgan fingerprint density at radius 1 is 0.404 bits per heavy atom. The van der Waals surface area contributed by atoms with Crippen LogP contribution in [0.2, 0.25) is 0 Å². The van der Waals surface area contributed by atoms with E-state index in [1.54, 1.807) is 33.4 Å². The average molecular weight is 696 g/mol. The van der Waals surface area contributed by atoms with Gasteiger partial charge in [-0.05, 0) is 123 Å². The van der Waals surface area contributed by atoms with Gasteiger partial charge in [-0.2, -0.15) is 34.4 Å². The predicted octanol–water partition coefficient (Wildman–Crippen LogP) is 11.2. The topological polar surface area (TPSA) is 0 Å². The van der Waals surface area contributed by atoms with Crippen LogP contribution in [0.25, 0.3) is 0 Å². The number of hydrogen-bond donors (Lipinski definition) is 0. The third-order valence-corrected chi connectivity index (χ3v) is 8.51. The van der Waals surface area contributed by atoms with Crippen molar-refractivity contribution in [2.24, 2.45) is 0 Å². The van der Waals surface area contributed by atoms with Gasteiger partial charge in [-0.25, -0.2) is 0 Å². The number of rotatable bonds is 10. The van der Waals surface area contributed by atoms with E-state index in [-0.39, 0.29) is 26.2 Å². The molecule has 3 aliphatic carbocycles. The van der Waals surface area contributed by atoms with Gasteiger partial charge in [0.25, 0.3) is 0 Å². The first-order valence-electron chi connectivity index (χ1n) is 17.6. The smallest absolute Gasteiger partial charge is 0.196 e. The van der Waals surface area contributed by atoms with Crippen molar-refractivity contribution in [1.29, 1.82) is 0 Å². The third kappa shape index (κ3) is 12.1. The van der Waals surface area contributed by atoms with Crippen LogP contribution in [0.3, 0.4) is 0 Å². The van der Waals surface area contributed by atoms with Crippen LogP contribution in [0.15, 0.2) is 71.8 Å². The minimum Gasteiger partial charge on any atom is -0.196 e. The van der Waals surface area contributed by atoms with Gasteiger partial charge in [0.05, 0.1) is 0 Å². The summed E-state index contributed by atoms with van der Waals surface area (Å²) in [6.07, 6.45) is 39.2. The zero-order valence-corrected chi connectivity index (χ0v) is 31.6. The molecule has 1 heteroatoms. The van der Waals surface area contributed by atoms with Crippen LogP contribution < -0.4 is 0 Å². The van der Waals surface area contributed by atoms with Gasteiger partial charge in [0.2, 0.25) is 0 Å². The van der Waals surface area contributed by atoms with Crippen molar-refractivity contribution in [2.75, 3.05) is 0 Å². The average Bonchev–Trinajstić information content (AvgIpc) is 3.87. The van der Waals surface area contributed by atoms with Crippen LogP contribution in [-0.2, 0) is 64.7 Å². The maximum atomic E-state index is 3.82. The van der Waals surface area contributed by atoms with E-state index in [4.69, 9.17) is 0 Å². The molecule has 2 fully saturated rings. The number of fused-ring (bicyclic) bond motifs is 1. The van der Waals surface area contributed by atoms with E-state index in [1.165, 1.54) is 62.5 Å². The molecule has 0 aliphatic heterocycles. The maximum Gasteiger partial charge on any atom is 4.00 e. The predicted molar refractivity (Wildman–Crippen MR) is 197 cm³/mol. The molecular weight excluding hydrogens is 644 g/mol. The van der Waals surface area contributed by atoms with Crippen molar-refractivity contribution < 1.29 is 26.2 Å². The number of benzene rings is 3. The Morgan fingerprint density at radius 3 is 0.957 bits per heavy atom. The first-order chi connectivity index (χ1) is 22.7. The fourth-order valence-electron chi connectivity index (χ4n) is 6.57. The number of allylic oxidation sites excluding steroid dienone is 2.